The van der Waals surface area contributed by atoms with Crippen LogP contribution < -0.4 is 0 Å². The average Bonchev–Trinajstić information content (AvgIpc) is 2.47. The van der Waals surface area contributed by atoms with Crippen LogP contribution in [0.25, 0.3) is 0 Å². The van der Waals surface area contributed by atoms with Gasteiger partial charge in [-0.15, -0.1) is 6.58 Å². The highest BCUT2D eigenvalue weighted by Crippen LogP contribution is 2.34. The first-order valence-corrected chi connectivity index (χ1v) is 7.35. The summed E-state index contributed by atoms with van der Waals surface area (Å²) in [5.74, 6) is 0.590. The summed E-state index contributed by atoms with van der Waals surface area (Å²) in [6, 6.07) is 0. The summed E-state index contributed by atoms with van der Waals surface area (Å²) in [7, 11) is 0. The van der Waals surface area contributed by atoms with Crippen LogP contribution in [0.15, 0.2) is 73.8 Å². The standard InChI is InChI=1S/C19H26O/c1-4-7-8-12-17(11-5-2)15-18-13-9-10-14-19(18)16-20-6-3/h4-8,12,16,18H,1-3,9-11,13-15H2/b8-7-,17-12+,19-16+. The van der Waals surface area contributed by atoms with E-state index < -0.39 is 0 Å². The Hall–Kier alpha value is -1.76. The van der Waals surface area contributed by atoms with Crippen molar-refractivity contribution in [1.82, 2.24) is 0 Å². The first-order chi connectivity index (χ1) is 9.81. The molecule has 1 fully saturated rings. The van der Waals surface area contributed by atoms with Crippen LogP contribution in [0.2, 0.25) is 0 Å². The molecule has 0 aromatic carbocycles. The minimum absolute atomic E-state index is 0.590. The van der Waals surface area contributed by atoms with Crippen molar-refractivity contribution in [2.75, 3.05) is 0 Å². The minimum Gasteiger partial charge on any atom is -0.473 e. The molecule has 0 aliphatic heterocycles. The molecule has 0 aromatic rings. The zero-order valence-corrected chi connectivity index (χ0v) is 12.4. The summed E-state index contributed by atoms with van der Waals surface area (Å²) in [5.41, 5.74) is 2.83. The lowest BCUT2D eigenvalue weighted by Gasteiger charge is -2.25. The third kappa shape index (κ3) is 5.92. The van der Waals surface area contributed by atoms with Crippen molar-refractivity contribution in [2.24, 2.45) is 5.92 Å². The molecule has 1 heteroatoms. The molecule has 0 bridgehead atoms. The molecule has 0 radical (unpaired) electrons. The van der Waals surface area contributed by atoms with Crippen LogP contribution in [-0.2, 0) is 4.74 Å². The molecule has 1 aliphatic rings. The summed E-state index contributed by atoms with van der Waals surface area (Å²) < 4.78 is 5.28. The van der Waals surface area contributed by atoms with E-state index in [9.17, 15) is 0 Å². The van der Waals surface area contributed by atoms with E-state index in [0.29, 0.717) is 5.92 Å². The Bertz CT molecular complexity index is 409. The molecule has 20 heavy (non-hydrogen) atoms. The summed E-state index contributed by atoms with van der Waals surface area (Å²) in [5, 5.41) is 0. The van der Waals surface area contributed by atoms with Gasteiger partial charge in [-0.25, -0.2) is 0 Å². The SMILES string of the molecule is C=C/C=C\C=C(/CC=C)CC1CCCC/C1=C\OC=C. The number of hydrogen-bond acceptors (Lipinski definition) is 1. The zero-order chi connectivity index (χ0) is 14.6. The van der Waals surface area contributed by atoms with Gasteiger partial charge in [0.15, 0.2) is 0 Å². The fourth-order valence-electron chi connectivity index (χ4n) is 2.62. The van der Waals surface area contributed by atoms with Gasteiger partial charge in [0.05, 0.1) is 12.5 Å². The zero-order valence-electron chi connectivity index (χ0n) is 12.4. The molecule has 0 saturated heterocycles. The third-order valence-corrected chi connectivity index (χ3v) is 3.60. The Balaban J connectivity index is 2.75. The lowest BCUT2D eigenvalue weighted by Crippen LogP contribution is -2.11. The fraction of sp³-hybridized carbons (Fsp3) is 0.368. The van der Waals surface area contributed by atoms with Crippen molar-refractivity contribution in [3.05, 3.63) is 73.8 Å². The highest BCUT2D eigenvalue weighted by atomic mass is 16.5. The second-order valence-corrected chi connectivity index (χ2v) is 5.08. The largest absolute Gasteiger partial charge is 0.473 e. The van der Waals surface area contributed by atoms with Crippen LogP contribution in [0.1, 0.15) is 38.5 Å². The van der Waals surface area contributed by atoms with Crippen molar-refractivity contribution in [3.63, 3.8) is 0 Å². The molecular weight excluding hydrogens is 244 g/mol. The quantitative estimate of drug-likeness (QED) is 0.305. The van der Waals surface area contributed by atoms with Crippen LogP contribution in [-0.4, -0.2) is 0 Å². The van der Waals surface area contributed by atoms with Crippen LogP contribution in [0.3, 0.4) is 0 Å². The summed E-state index contributed by atoms with van der Waals surface area (Å²) in [6.07, 6.45) is 20.3. The van der Waals surface area contributed by atoms with Crippen LogP contribution in [0.4, 0.5) is 0 Å². The Morgan fingerprint density at radius 1 is 1.20 bits per heavy atom. The van der Waals surface area contributed by atoms with Gasteiger partial charge in [0.2, 0.25) is 0 Å². The van der Waals surface area contributed by atoms with E-state index in [1.54, 1.807) is 6.08 Å². The second kappa shape index (κ2) is 10.1. The van der Waals surface area contributed by atoms with E-state index in [4.69, 9.17) is 4.74 Å². The predicted octanol–water partition coefficient (Wildman–Crippen LogP) is 5.86. The number of rotatable bonds is 8. The molecule has 0 spiro atoms. The van der Waals surface area contributed by atoms with Gasteiger partial charge >= 0.3 is 0 Å². The maximum atomic E-state index is 5.28. The molecule has 0 aromatic heterocycles. The molecule has 108 valence electrons. The minimum atomic E-state index is 0.590. The fourth-order valence-corrected chi connectivity index (χ4v) is 2.62. The molecule has 0 N–H and O–H groups in total. The molecular formula is C19H26O. The van der Waals surface area contributed by atoms with Crippen molar-refractivity contribution >= 4 is 0 Å². The van der Waals surface area contributed by atoms with Crippen molar-refractivity contribution in [2.45, 2.75) is 38.5 Å². The van der Waals surface area contributed by atoms with Gasteiger partial charge in [-0.1, -0.05) is 55.5 Å². The van der Waals surface area contributed by atoms with Gasteiger partial charge in [-0.2, -0.15) is 0 Å². The van der Waals surface area contributed by atoms with Gasteiger partial charge in [-0.3, -0.25) is 0 Å². The number of ether oxygens (including phenoxy) is 1. The smallest absolute Gasteiger partial charge is 0.0895 e. The van der Waals surface area contributed by atoms with Crippen LogP contribution >= 0.6 is 0 Å². The van der Waals surface area contributed by atoms with Crippen molar-refractivity contribution in [3.8, 4) is 0 Å². The molecule has 1 unspecified atom stereocenters. The first-order valence-electron chi connectivity index (χ1n) is 7.35. The van der Waals surface area contributed by atoms with Crippen LogP contribution in [0.5, 0.6) is 0 Å². The highest BCUT2D eigenvalue weighted by Gasteiger charge is 2.20. The molecule has 1 rings (SSSR count). The van der Waals surface area contributed by atoms with E-state index >= 15 is 0 Å². The summed E-state index contributed by atoms with van der Waals surface area (Å²) >= 11 is 0. The van der Waals surface area contributed by atoms with E-state index in [1.165, 1.54) is 36.7 Å². The van der Waals surface area contributed by atoms with Gasteiger partial charge in [0.1, 0.15) is 0 Å². The maximum absolute atomic E-state index is 5.28. The highest BCUT2D eigenvalue weighted by molar-refractivity contribution is 5.20. The monoisotopic (exact) mass is 270 g/mol. The molecule has 0 amide bonds. The Kier molecular flexibility index (Phi) is 8.21. The Morgan fingerprint density at radius 2 is 2.05 bits per heavy atom. The van der Waals surface area contributed by atoms with Crippen LogP contribution in [0, 0.1) is 5.92 Å². The molecule has 1 saturated carbocycles. The number of hydrogen-bond donors (Lipinski definition) is 0. The lowest BCUT2D eigenvalue weighted by atomic mass is 9.80. The van der Waals surface area contributed by atoms with Gasteiger partial charge in [-0.05, 0) is 43.6 Å². The first kappa shape index (κ1) is 16.3. The Morgan fingerprint density at radius 3 is 2.75 bits per heavy atom. The third-order valence-electron chi connectivity index (χ3n) is 3.60. The topological polar surface area (TPSA) is 9.23 Å². The summed E-state index contributed by atoms with van der Waals surface area (Å²) in [4.78, 5) is 0. The molecule has 0 heterocycles. The number of allylic oxidation sites excluding steroid dienone is 7. The van der Waals surface area contributed by atoms with Gasteiger partial charge in [0.25, 0.3) is 0 Å². The van der Waals surface area contributed by atoms with E-state index in [1.807, 2.05) is 18.4 Å². The second-order valence-electron chi connectivity index (χ2n) is 5.08. The van der Waals surface area contributed by atoms with Crippen molar-refractivity contribution in [1.29, 1.82) is 0 Å². The maximum Gasteiger partial charge on any atom is 0.0895 e. The lowest BCUT2D eigenvalue weighted by molar-refractivity contribution is 0.367. The van der Waals surface area contributed by atoms with E-state index in [2.05, 4.69) is 31.9 Å². The predicted molar refractivity (Wildman–Crippen MR) is 88.2 cm³/mol. The van der Waals surface area contributed by atoms with E-state index in [0.717, 1.165) is 19.3 Å². The summed E-state index contributed by atoms with van der Waals surface area (Å²) in [6.45, 7) is 11.1. The molecule has 1 nitrogen and oxygen atoms in total. The van der Waals surface area contributed by atoms with Gasteiger partial charge < -0.3 is 4.74 Å². The van der Waals surface area contributed by atoms with E-state index in [-0.39, 0.29) is 0 Å². The molecule has 1 aliphatic carbocycles. The van der Waals surface area contributed by atoms with Gasteiger partial charge in [0, 0.05) is 0 Å². The Labute approximate surface area is 123 Å². The normalized spacial score (nSPS) is 21.9. The molecule has 1 atom stereocenters. The van der Waals surface area contributed by atoms with Crippen molar-refractivity contribution < 1.29 is 4.74 Å². The average molecular weight is 270 g/mol.